The third-order valence-electron chi connectivity index (χ3n) is 3.37. The zero-order valence-electron chi connectivity index (χ0n) is 12.1. The lowest BCUT2D eigenvalue weighted by Crippen LogP contribution is -2.51. The van der Waals surface area contributed by atoms with Gasteiger partial charge in [0.15, 0.2) is 0 Å². The second-order valence-electron chi connectivity index (χ2n) is 5.05. The lowest BCUT2D eigenvalue weighted by Gasteiger charge is -2.28. The molecule has 5 heteroatoms. The van der Waals surface area contributed by atoms with E-state index in [2.05, 4.69) is 17.4 Å². The number of piperidine rings is 1. The first-order valence-electron chi connectivity index (χ1n) is 7.21. The normalized spacial score (nSPS) is 21.7. The van der Waals surface area contributed by atoms with E-state index in [0.717, 1.165) is 18.4 Å². The van der Waals surface area contributed by atoms with Gasteiger partial charge in [-0.25, -0.2) is 0 Å². The second kappa shape index (κ2) is 8.56. The Morgan fingerprint density at radius 2 is 2.19 bits per heavy atom. The van der Waals surface area contributed by atoms with Gasteiger partial charge in [0.1, 0.15) is 12.6 Å². The molecule has 2 rings (SSSR count). The monoisotopic (exact) mass is 290 g/mol. The number of carbonyl (C=O) groups is 1. The number of benzene rings is 1. The molecule has 0 bridgehead atoms. The molecule has 1 aliphatic heterocycles. The summed E-state index contributed by atoms with van der Waals surface area (Å²) < 4.78 is 5.33. The smallest absolute Gasteiger partial charge is 0.323 e. The fourth-order valence-corrected chi connectivity index (χ4v) is 2.21. The van der Waals surface area contributed by atoms with Gasteiger partial charge in [0, 0.05) is 12.6 Å². The Balaban J connectivity index is 1.67. The number of rotatable bonds is 7. The highest BCUT2D eigenvalue weighted by Crippen LogP contribution is 2.11. The summed E-state index contributed by atoms with van der Waals surface area (Å²) in [5.41, 5.74) is 3.95. The Kier molecular flexibility index (Phi) is 6.40. The van der Waals surface area contributed by atoms with Gasteiger partial charge in [0.2, 0.25) is 0 Å². The highest BCUT2D eigenvalue weighted by molar-refractivity contribution is 5.75. The zero-order chi connectivity index (χ0) is 14.9. The van der Waals surface area contributed by atoms with E-state index in [-0.39, 0.29) is 18.1 Å². The van der Waals surface area contributed by atoms with E-state index in [1.165, 1.54) is 0 Å². The molecule has 0 radical (unpaired) electrons. The van der Waals surface area contributed by atoms with Crippen LogP contribution >= 0.6 is 0 Å². The molecule has 1 heterocycles. The minimum Gasteiger partial charge on any atom is -0.460 e. The standard InChI is InChI=1S/C16H22N2O3/c1-2-10-21-18-14-8-9-15(17-11-14)16(19)20-12-13-6-4-3-5-7-13/h2-7,14-15,17-18H,1,8-12H2. The van der Waals surface area contributed by atoms with Crippen molar-refractivity contribution in [3.8, 4) is 0 Å². The topological polar surface area (TPSA) is 59.6 Å². The SMILES string of the molecule is C=CCONC1CCC(C(=O)OCc2ccccc2)NC1. The van der Waals surface area contributed by atoms with Gasteiger partial charge in [-0.15, -0.1) is 6.58 Å². The summed E-state index contributed by atoms with van der Waals surface area (Å²) in [6.45, 7) is 5.06. The molecule has 1 aromatic rings. The van der Waals surface area contributed by atoms with Crippen molar-refractivity contribution in [2.75, 3.05) is 13.2 Å². The molecule has 0 aliphatic carbocycles. The molecule has 1 saturated heterocycles. The number of hydrogen-bond acceptors (Lipinski definition) is 5. The van der Waals surface area contributed by atoms with E-state index in [0.29, 0.717) is 19.8 Å². The molecule has 1 aliphatic rings. The highest BCUT2D eigenvalue weighted by atomic mass is 16.6. The molecular formula is C16H22N2O3. The second-order valence-corrected chi connectivity index (χ2v) is 5.05. The van der Waals surface area contributed by atoms with E-state index in [1.807, 2.05) is 30.3 Å². The van der Waals surface area contributed by atoms with Crippen LogP contribution in [0.1, 0.15) is 18.4 Å². The lowest BCUT2D eigenvalue weighted by molar-refractivity contribution is -0.148. The van der Waals surface area contributed by atoms with E-state index in [1.54, 1.807) is 6.08 Å². The largest absolute Gasteiger partial charge is 0.460 e. The minimum atomic E-state index is -0.230. The van der Waals surface area contributed by atoms with Gasteiger partial charge in [0.05, 0.1) is 6.61 Å². The average Bonchev–Trinajstić information content (AvgIpc) is 2.54. The Morgan fingerprint density at radius 3 is 2.86 bits per heavy atom. The molecule has 2 atom stereocenters. The fourth-order valence-electron chi connectivity index (χ4n) is 2.21. The van der Waals surface area contributed by atoms with Crippen molar-refractivity contribution in [1.29, 1.82) is 0 Å². The van der Waals surface area contributed by atoms with Crippen molar-refractivity contribution in [2.24, 2.45) is 0 Å². The maximum absolute atomic E-state index is 12.0. The van der Waals surface area contributed by atoms with E-state index >= 15 is 0 Å². The minimum absolute atomic E-state index is 0.190. The Labute approximate surface area is 125 Å². The molecule has 2 unspecified atom stereocenters. The maximum Gasteiger partial charge on any atom is 0.323 e. The van der Waals surface area contributed by atoms with Gasteiger partial charge < -0.3 is 10.1 Å². The molecule has 21 heavy (non-hydrogen) atoms. The van der Waals surface area contributed by atoms with Crippen LogP contribution in [0.15, 0.2) is 43.0 Å². The third kappa shape index (κ3) is 5.30. The van der Waals surface area contributed by atoms with Crippen molar-refractivity contribution >= 4 is 5.97 Å². The van der Waals surface area contributed by atoms with Crippen molar-refractivity contribution in [3.05, 3.63) is 48.6 Å². The molecule has 1 aromatic carbocycles. The van der Waals surface area contributed by atoms with Crippen molar-refractivity contribution < 1.29 is 14.4 Å². The van der Waals surface area contributed by atoms with Crippen LogP contribution in [0, 0.1) is 0 Å². The number of ether oxygens (including phenoxy) is 1. The average molecular weight is 290 g/mol. The van der Waals surface area contributed by atoms with Crippen LogP contribution in [0.2, 0.25) is 0 Å². The molecule has 0 amide bonds. The zero-order valence-corrected chi connectivity index (χ0v) is 12.1. The summed E-state index contributed by atoms with van der Waals surface area (Å²) >= 11 is 0. The van der Waals surface area contributed by atoms with E-state index in [4.69, 9.17) is 9.57 Å². The van der Waals surface area contributed by atoms with Gasteiger partial charge in [-0.05, 0) is 18.4 Å². The van der Waals surface area contributed by atoms with Crippen LogP contribution in [0.25, 0.3) is 0 Å². The molecule has 114 valence electrons. The number of esters is 1. The summed E-state index contributed by atoms with van der Waals surface area (Å²) in [5.74, 6) is -0.190. The molecule has 0 spiro atoms. The third-order valence-corrected chi connectivity index (χ3v) is 3.37. The van der Waals surface area contributed by atoms with Crippen LogP contribution in [0.5, 0.6) is 0 Å². The van der Waals surface area contributed by atoms with Crippen molar-refractivity contribution in [2.45, 2.75) is 31.5 Å². The van der Waals surface area contributed by atoms with Crippen molar-refractivity contribution in [3.63, 3.8) is 0 Å². The first kappa shape index (κ1) is 15.7. The molecule has 1 fully saturated rings. The number of nitrogens with one attached hydrogen (secondary N) is 2. The predicted octanol–water partition coefficient (Wildman–Crippen LogP) is 1.56. The first-order chi connectivity index (χ1) is 10.3. The summed E-state index contributed by atoms with van der Waals surface area (Å²) in [7, 11) is 0. The maximum atomic E-state index is 12.0. The number of carbonyl (C=O) groups excluding carboxylic acids is 1. The lowest BCUT2D eigenvalue weighted by atomic mass is 10.0. The summed E-state index contributed by atoms with van der Waals surface area (Å²) in [4.78, 5) is 17.2. The molecule has 0 saturated carbocycles. The van der Waals surface area contributed by atoms with Gasteiger partial charge in [-0.2, -0.15) is 5.48 Å². The van der Waals surface area contributed by atoms with Gasteiger partial charge in [-0.3, -0.25) is 9.63 Å². The van der Waals surface area contributed by atoms with Crippen molar-refractivity contribution in [1.82, 2.24) is 10.8 Å². The van der Waals surface area contributed by atoms with Gasteiger partial charge in [0.25, 0.3) is 0 Å². The van der Waals surface area contributed by atoms with Crippen LogP contribution in [-0.4, -0.2) is 31.2 Å². The number of hydrogen-bond donors (Lipinski definition) is 2. The molecule has 2 N–H and O–H groups in total. The van der Waals surface area contributed by atoms with E-state index < -0.39 is 0 Å². The van der Waals surface area contributed by atoms with Gasteiger partial charge in [-0.1, -0.05) is 36.4 Å². The van der Waals surface area contributed by atoms with Crippen LogP contribution in [0.4, 0.5) is 0 Å². The first-order valence-corrected chi connectivity index (χ1v) is 7.21. The predicted molar refractivity (Wildman–Crippen MR) is 80.3 cm³/mol. The highest BCUT2D eigenvalue weighted by Gasteiger charge is 2.26. The van der Waals surface area contributed by atoms with E-state index in [9.17, 15) is 4.79 Å². The fraction of sp³-hybridized carbons (Fsp3) is 0.438. The van der Waals surface area contributed by atoms with Crippen LogP contribution in [-0.2, 0) is 21.0 Å². The summed E-state index contributed by atoms with van der Waals surface area (Å²) in [5, 5.41) is 3.19. The van der Waals surface area contributed by atoms with Gasteiger partial charge >= 0.3 is 5.97 Å². The quantitative estimate of drug-likeness (QED) is 0.345. The number of hydroxylamine groups is 1. The Hall–Kier alpha value is -1.69. The van der Waals surface area contributed by atoms with Crippen LogP contribution in [0.3, 0.4) is 0 Å². The molecular weight excluding hydrogens is 268 g/mol. The Bertz CT molecular complexity index is 442. The molecule has 0 aromatic heterocycles. The summed E-state index contributed by atoms with van der Waals surface area (Å²) in [6.07, 6.45) is 3.30. The van der Waals surface area contributed by atoms with Crippen LogP contribution < -0.4 is 10.8 Å². The summed E-state index contributed by atoms with van der Waals surface area (Å²) in [6, 6.07) is 9.67. The Morgan fingerprint density at radius 1 is 1.38 bits per heavy atom. The molecule has 5 nitrogen and oxygen atoms in total.